The number of aromatic nitrogens is 3. The van der Waals surface area contributed by atoms with E-state index in [0.29, 0.717) is 5.56 Å². The van der Waals surface area contributed by atoms with Gasteiger partial charge in [-0.25, -0.2) is 9.78 Å². The third-order valence-electron chi connectivity index (χ3n) is 4.28. The fourth-order valence-corrected chi connectivity index (χ4v) is 3.55. The van der Waals surface area contributed by atoms with E-state index in [-0.39, 0.29) is 39.1 Å². The molecule has 0 saturated carbocycles. The van der Waals surface area contributed by atoms with Crippen LogP contribution in [0.15, 0.2) is 34.7 Å². The Morgan fingerprint density at radius 1 is 1.19 bits per heavy atom. The number of ether oxygens (including phenoxy) is 1. The van der Waals surface area contributed by atoms with Crippen molar-refractivity contribution < 1.29 is 24.0 Å². The average molecular weight is 467 g/mol. The molecule has 162 valence electrons. The number of carbonyl (C=O) groups is 1. The molecule has 2 heterocycles. The van der Waals surface area contributed by atoms with E-state index < -0.39 is 22.4 Å². The molecule has 10 nitrogen and oxygen atoms in total. The second-order valence-corrected chi connectivity index (χ2v) is 8.37. The summed E-state index contributed by atoms with van der Waals surface area (Å²) in [5.74, 6) is -0.618. The van der Waals surface area contributed by atoms with Crippen molar-refractivity contribution in [3.63, 3.8) is 0 Å². The first-order valence-electron chi connectivity index (χ1n) is 8.81. The van der Waals surface area contributed by atoms with Crippen LogP contribution in [0.3, 0.4) is 0 Å². The molecule has 1 N–H and O–H groups in total. The van der Waals surface area contributed by atoms with E-state index in [9.17, 15) is 14.9 Å². The second kappa shape index (κ2) is 8.48. The molecule has 0 fully saturated rings. The minimum absolute atomic E-state index is 0.0761. The number of halogens is 2. The van der Waals surface area contributed by atoms with Gasteiger partial charge in [-0.1, -0.05) is 44.0 Å². The molecule has 1 unspecified atom stereocenters. The Morgan fingerprint density at radius 2 is 1.84 bits per heavy atom. The van der Waals surface area contributed by atoms with Crippen molar-refractivity contribution in [1.82, 2.24) is 15.2 Å². The number of hydrogen-bond donors (Lipinski definition) is 1. The topological polar surface area (TPSA) is 141 Å². The predicted octanol–water partition coefficient (Wildman–Crippen LogP) is 5.58. The molecule has 0 aliphatic rings. The monoisotopic (exact) mass is 466 g/mol. The van der Waals surface area contributed by atoms with Crippen molar-refractivity contribution >= 4 is 35.0 Å². The molecule has 3 rings (SSSR count). The number of pyridine rings is 1. The first kappa shape index (κ1) is 22.4. The quantitative estimate of drug-likeness (QED) is 0.167. The van der Waals surface area contributed by atoms with Gasteiger partial charge in [-0.15, -0.1) is 10.2 Å². The number of nitro benzene ring substituents is 1. The van der Waals surface area contributed by atoms with Crippen molar-refractivity contribution in [3.05, 3.63) is 62.2 Å². The molecule has 31 heavy (non-hydrogen) atoms. The summed E-state index contributed by atoms with van der Waals surface area (Å²) in [5.41, 5.74) is -0.222. The Kier molecular flexibility index (Phi) is 6.14. The predicted molar refractivity (Wildman–Crippen MR) is 111 cm³/mol. The number of nitrogens with zero attached hydrogens (tertiary/aromatic N) is 4. The highest BCUT2D eigenvalue weighted by Gasteiger charge is 2.36. The summed E-state index contributed by atoms with van der Waals surface area (Å²) >= 11 is 11.9. The maximum atomic E-state index is 11.3. The van der Waals surface area contributed by atoms with Crippen LogP contribution in [0.25, 0.3) is 11.5 Å². The van der Waals surface area contributed by atoms with Gasteiger partial charge >= 0.3 is 6.16 Å². The zero-order valence-electron chi connectivity index (χ0n) is 16.5. The molecule has 12 heteroatoms. The van der Waals surface area contributed by atoms with Gasteiger partial charge in [-0.05, 0) is 23.6 Å². The largest absolute Gasteiger partial charge is 0.511 e. The number of nitro groups is 1. The van der Waals surface area contributed by atoms with E-state index >= 15 is 0 Å². The molecule has 0 radical (unpaired) electrons. The highest BCUT2D eigenvalue weighted by atomic mass is 35.5. The van der Waals surface area contributed by atoms with Crippen LogP contribution in [-0.2, 0) is 0 Å². The van der Waals surface area contributed by atoms with Crippen molar-refractivity contribution in [1.29, 1.82) is 0 Å². The molecule has 1 aromatic carbocycles. The Hall–Kier alpha value is -3.24. The van der Waals surface area contributed by atoms with E-state index in [0.717, 1.165) is 6.07 Å². The lowest BCUT2D eigenvalue weighted by Gasteiger charge is -2.29. The van der Waals surface area contributed by atoms with Gasteiger partial charge in [-0.3, -0.25) is 10.1 Å². The molecule has 2 aromatic heterocycles. The minimum Gasteiger partial charge on any atom is -0.449 e. The van der Waals surface area contributed by atoms with Crippen LogP contribution < -0.4 is 4.74 Å². The van der Waals surface area contributed by atoms with Crippen LogP contribution in [-0.4, -0.2) is 31.4 Å². The molecule has 0 aliphatic heterocycles. The first-order chi connectivity index (χ1) is 14.5. The van der Waals surface area contributed by atoms with Crippen molar-refractivity contribution in [2.45, 2.75) is 26.7 Å². The van der Waals surface area contributed by atoms with Gasteiger partial charge in [-0.2, -0.15) is 0 Å². The summed E-state index contributed by atoms with van der Waals surface area (Å²) in [4.78, 5) is 25.7. The highest BCUT2D eigenvalue weighted by molar-refractivity contribution is 6.32. The van der Waals surface area contributed by atoms with Gasteiger partial charge in [0.1, 0.15) is 16.1 Å². The summed E-state index contributed by atoms with van der Waals surface area (Å²) in [6.45, 7) is 5.52. The standard InChI is InChI=1S/C19H16Cl2N4O6/c1-19(2,3)15(11-8-10(25(28)29)4-5-12(11)30-18(26)27)17-24-23-16(31-17)9-6-13(20)22-14(21)7-9/h4-8,15H,1-3H3,(H,26,27). The van der Waals surface area contributed by atoms with E-state index in [2.05, 4.69) is 15.2 Å². The van der Waals surface area contributed by atoms with Crippen LogP contribution in [0.5, 0.6) is 5.75 Å². The summed E-state index contributed by atoms with van der Waals surface area (Å²) in [6, 6.07) is 6.59. The fraction of sp³-hybridized carbons (Fsp3) is 0.263. The molecular formula is C19H16Cl2N4O6. The van der Waals surface area contributed by atoms with E-state index in [1.54, 1.807) is 0 Å². The Bertz CT molecular complexity index is 1140. The lowest BCUT2D eigenvalue weighted by atomic mass is 9.76. The number of non-ortho nitro benzene ring substituents is 1. The third kappa shape index (κ3) is 5.09. The normalized spacial score (nSPS) is 12.4. The van der Waals surface area contributed by atoms with Gasteiger partial charge in [0.15, 0.2) is 0 Å². The Morgan fingerprint density at radius 3 is 2.39 bits per heavy atom. The van der Waals surface area contributed by atoms with Gasteiger partial charge in [0, 0.05) is 23.3 Å². The summed E-state index contributed by atoms with van der Waals surface area (Å²) in [6.07, 6.45) is -1.56. The molecule has 0 amide bonds. The molecule has 0 aliphatic carbocycles. The molecule has 3 aromatic rings. The molecule has 1 atom stereocenters. The minimum atomic E-state index is -1.56. The number of rotatable bonds is 5. The molecule has 0 saturated heterocycles. The smallest absolute Gasteiger partial charge is 0.449 e. The van der Waals surface area contributed by atoms with Gasteiger partial charge in [0.05, 0.1) is 10.8 Å². The van der Waals surface area contributed by atoms with Crippen molar-refractivity contribution in [3.8, 4) is 17.2 Å². The van der Waals surface area contributed by atoms with Gasteiger partial charge in [0.2, 0.25) is 11.8 Å². The summed E-state index contributed by atoms with van der Waals surface area (Å²) in [5, 5.41) is 28.8. The lowest BCUT2D eigenvalue weighted by Crippen LogP contribution is -2.21. The molecule has 0 spiro atoms. The van der Waals surface area contributed by atoms with Crippen molar-refractivity contribution in [2.24, 2.45) is 5.41 Å². The third-order valence-corrected chi connectivity index (χ3v) is 4.66. The average Bonchev–Trinajstić information content (AvgIpc) is 3.10. The summed E-state index contributed by atoms with van der Waals surface area (Å²) in [7, 11) is 0. The first-order valence-corrected chi connectivity index (χ1v) is 9.57. The zero-order chi connectivity index (χ0) is 22.9. The Labute approximate surface area is 185 Å². The lowest BCUT2D eigenvalue weighted by molar-refractivity contribution is -0.385. The maximum Gasteiger partial charge on any atom is 0.511 e. The number of benzene rings is 1. The maximum absolute atomic E-state index is 11.3. The van der Waals surface area contributed by atoms with E-state index in [1.165, 1.54) is 24.3 Å². The van der Waals surface area contributed by atoms with Crippen LogP contribution in [0, 0.1) is 15.5 Å². The van der Waals surface area contributed by atoms with Crippen LogP contribution >= 0.6 is 23.2 Å². The van der Waals surface area contributed by atoms with Crippen molar-refractivity contribution in [2.75, 3.05) is 0 Å². The second-order valence-electron chi connectivity index (χ2n) is 7.59. The van der Waals surface area contributed by atoms with Crippen LogP contribution in [0.1, 0.15) is 38.1 Å². The molecule has 0 bridgehead atoms. The fourth-order valence-electron chi connectivity index (χ4n) is 3.09. The number of hydrogen-bond acceptors (Lipinski definition) is 8. The zero-order valence-corrected chi connectivity index (χ0v) is 18.0. The van der Waals surface area contributed by atoms with Gasteiger partial charge in [0.25, 0.3) is 5.69 Å². The SMILES string of the molecule is CC(C)(C)C(c1nnc(-c2cc(Cl)nc(Cl)c2)o1)c1cc([N+](=O)[O-])ccc1OC(=O)O. The van der Waals surface area contributed by atoms with E-state index in [4.69, 9.17) is 37.5 Å². The highest BCUT2D eigenvalue weighted by Crippen LogP contribution is 2.45. The number of carboxylic acid groups (broad SMARTS) is 1. The van der Waals surface area contributed by atoms with E-state index in [1.807, 2.05) is 20.8 Å². The van der Waals surface area contributed by atoms with Crippen LogP contribution in [0.4, 0.5) is 10.5 Å². The Balaban J connectivity index is 2.16. The van der Waals surface area contributed by atoms with Crippen LogP contribution in [0.2, 0.25) is 10.3 Å². The molecular weight excluding hydrogens is 451 g/mol. The van der Waals surface area contributed by atoms with Gasteiger partial charge < -0.3 is 14.3 Å². The summed E-state index contributed by atoms with van der Waals surface area (Å²) < 4.78 is 10.7.